The van der Waals surface area contributed by atoms with E-state index in [1.807, 2.05) is 6.20 Å². The molecule has 0 aromatic carbocycles. The van der Waals surface area contributed by atoms with Crippen LogP contribution in [0.15, 0.2) is 11.6 Å². The van der Waals surface area contributed by atoms with Gasteiger partial charge in [-0.15, -0.1) is 11.3 Å². The average molecular weight is 253 g/mol. The van der Waals surface area contributed by atoms with E-state index in [1.54, 1.807) is 11.3 Å². The number of piperidine rings is 1. The van der Waals surface area contributed by atoms with E-state index in [2.05, 4.69) is 34.8 Å². The van der Waals surface area contributed by atoms with Crippen LogP contribution in [0.5, 0.6) is 0 Å². The molecule has 0 radical (unpaired) electrons. The van der Waals surface area contributed by atoms with Crippen LogP contribution in [0.2, 0.25) is 0 Å². The van der Waals surface area contributed by atoms with Gasteiger partial charge in [-0.2, -0.15) is 0 Å². The number of nitrogens with zero attached hydrogens (tertiary/aromatic N) is 1. The number of hydrogen-bond donors (Lipinski definition) is 2. The van der Waals surface area contributed by atoms with E-state index in [9.17, 15) is 0 Å². The Kier molecular flexibility index (Phi) is 4.95. The molecule has 0 amide bonds. The van der Waals surface area contributed by atoms with Gasteiger partial charge in [-0.3, -0.25) is 0 Å². The van der Waals surface area contributed by atoms with Crippen molar-refractivity contribution in [3.8, 4) is 0 Å². The Morgan fingerprint density at radius 1 is 1.65 bits per heavy atom. The van der Waals surface area contributed by atoms with Crippen LogP contribution in [-0.2, 0) is 0 Å². The van der Waals surface area contributed by atoms with Gasteiger partial charge in [-0.1, -0.05) is 13.8 Å². The van der Waals surface area contributed by atoms with E-state index < -0.39 is 0 Å². The molecular weight excluding hydrogens is 230 g/mol. The predicted octanol–water partition coefficient (Wildman–Crippen LogP) is 2.57. The van der Waals surface area contributed by atoms with E-state index in [4.69, 9.17) is 0 Å². The molecule has 1 saturated heterocycles. The third-order valence-electron chi connectivity index (χ3n) is 3.67. The predicted molar refractivity (Wildman–Crippen MR) is 73.3 cm³/mol. The normalized spacial score (nSPS) is 26.9. The maximum absolute atomic E-state index is 4.41. The summed E-state index contributed by atoms with van der Waals surface area (Å²) < 4.78 is 0. The number of rotatable bonds is 5. The summed E-state index contributed by atoms with van der Waals surface area (Å²) in [5.41, 5.74) is 0. The molecule has 1 aliphatic heterocycles. The summed E-state index contributed by atoms with van der Waals surface area (Å²) in [6, 6.07) is 1.05. The highest BCUT2D eigenvalue weighted by molar-refractivity contribution is 7.09. The highest BCUT2D eigenvalue weighted by atomic mass is 32.1. The second kappa shape index (κ2) is 6.47. The van der Waals surface area contributed by atoms with Crippen molar-refractivity contribution < 1.29 is 0 Å². The molecule has 3 atom stereocenters. The Morgan fingerprint density at radius 2 is 2.53 bits per heavy atom. The molecule has 0 bridgehead atoms. The van der Waals surface area contributed by atoms with Crippen LogP contribution in [0.25, 0.3) is 0 Å². The molecule has 17 heavy (non-hydrogen) atoms. The fraction of sp³-hybridized carbons (Fsp3) is 0.769. The summed E-state index contributed by atoms with van der Waals surface area (Å²) in [6.45, 7) is 6.80. The van der Waals surface area contributed by atoms with E-state index in [0.717, 1.165) is 18.9 Å². The highest BCUT2D eigenvalue weighted by Crippen LogP contribution is 2.20. The molecule has 1 aliphatic rings. The summed E-state index contributed by atoms with van der Waals surface area (Å²) in [5.74, 6) is 0.782. The average Bonchev–Trinajstić information content (AvgIpc) is 2.86. The van der Waals surface area contributed by atoms with Gasteiger partial charge in [0.1, 0.15) is 5.01 Å². The Morgan fingerprint density at radius 3 is 3.18 bits per heavy atom. The van der Waals surface area contributed by atoms with Crippen molar-refractivity contribution in [1.82, 2.24) is 15.6 Å². The molecule has 3 unspecified atom stereocenters. The van der Waals surface area contributed by atoms with Crippen LogP contribution < -0.4 is 10.6 Å². The third kappa shape index (κ3) is 3.50. The van der Waals surface area contributed by atoms with Gasteiger partial charge in [0, 0.05) is 24.2 Å². The van der Waals surface area contributed by atoms with Crippen LogP contribution >= 0.6 is 11.3 Å². The fourth-order valence-electron chi connectivity index (χ4n) is 2.47. The van der Waals surface area contributed by atoms with Crippen molar-refractivity contribution >= 4 is 11.3 Å². The summed E-state index contributed by atoms with van der Waals surface area (Å²) in [7, 11) is 0. The maximum atomic E-state index is 4.41. The number of thiazole rings is 1. The molecule has 1 aromatic heterocycles. The van der Waals surface area contributed by atoms with E-state index in [-0.39, 0.29) is 0 Å². The van der Waals surface area contributed by atoms with Crippen molar-refractivity contribution in [2.75, 3.05) is 13.1 Å². The molecule has 96 valence electrons. The molecule has 2 rings (SSSR count). The van der Waals surface area contributed by atoms with E-state index in [0.29, 0.717) is 12.1 Å². The number of hydrogen-bond acceptors (Lipinski definition) is 4. The van der Waals surface area contributed by atoms with Crippen LogP contribution in [-0.4, -0.2) is 24.1 Å². The molecule has 3 nitrogen and oxygen atoms in total. The zero-order valence-electron chi connectivity index (χ0n) is 10.8. The number of nitrogens with one attached hydrogen (secondary N) is 2. The lowest BCUT2D eigenvalue weighted by atomic mass is 9.92. The van der Waals surface area contributed by atoms with Crippen molar-refractivity contribution in [3.63, 3.8) is 0 Å². The van der Waals surface area contributed by atoms with Gasteiger partial charge in [0.15, 0.2) is 0 Å². The zero-order chi connectivity index (χ0) is 12.1. The van der Waals surface area contributed by atoms with Crippen LogP contribution in [0, 0.1) is 5.92 Å². The van der Waals surface area contributed by atoms with Crippen molar-refractivity contribution in [2.24, 2.45) is 5.92 Å². The quantitative estimate of drug-likeness (QED) is 0.847. The fourth-order valence-corrected chi connectivity index (χ4v) is 3.27. The molecule has 0 aliphatic carbocycles. The first kappa shape index (κ1) is 13.0. The lowest BCUT2D eigenvalue weighted by Gasteiger charge is -2.31. The molecule has 1 fully saturated rings. The lowest BCUT2D eigenvalue weighted by Crippen LogP contribution is -2.47. The molecule has 2 N–H and O–H groups in total. The Labute approximate surface area is 108 Å². The third-order valence-corrected chi connectivity index (χ3v) is 4.56. The van der Waals surface area contributed by atoms with Crippen molar-refractivity contribution in [1.29, 1.82) is 0 Å². The van der Waals surface area contributed by atoms with Gasteiger partial charge in [0.2, 0.25) is 0 Å². The largest absolute Gasteiger partial charge is 0.312 e. The van der Waals surface area contributed by atoms with Gasteiger partial charge in [0.25, 0.3) is 0 Å². The lowest BCUT2D eigenvalue weighted by molar-refractivity contribution is 0.281. The minimum atomic E-state index is 0.422. The monoisotopic (exact) mass is 253 g/mol. The topological polar surface area (TPSA) is 37.0 Å². The first-order chi connectivity index (χ1) is 8.31. The van der Waals surface area contributed by atoms with Crippen LogP contribution in [0.3, 0.4) is 0 Å². The summed E-state index contributed by atoms with van der Waals surface area (Å²) in [4.78, 5) is 4.41. The number of aromatic nitrogens is 1. The van der Waals surface area contributed by atoms with Gasteiger partial charge < -0.3 is 10.6 Å². The second-order valence-corrected chi connectivity index (χ2v) is 5.85. The summed E-state index contributed by atoms with van der Waals surface area (Å²) in [6.07, 6.45) is 5.68. The standard InChI is InChI=1S/C13H23N3S/c1-3-11(13-15-7-8-17-13)16-9-12-10(2)5-4-6-14-12/h7-8,10-12,14,16H,3-6,9H2,1-2H3. The summed E-state index contributed by atoms with van der Waals surface area (Å²) >= 11 is 1.75. The minimum absolute atomic E-state index is 0.422. The molecule has 2 heterocycles. The second-order valence-electron chi connectivity index (χ2n) is 4.92. The molecule has 0 spiro atoms. The summed E-state index contributed by atoms with van der Waals surface area (Å²) in [5, 5.41) is 10.5. The molecular formula is C13H23N3S. The van der Waals surface area contributed by atoms with E-state index >= 15 is 0 Å². The maximum Gasteiger partial charge on any atom is 0.109 e. The van der Waals surface area contributed by atoms with Gasteiger partial charge >= 0.3 is 0 Å². The van der Waals surface area contributed by atoms with Crippen molar-refractivity contribution in [3.05, 3.63) is 16.6 Å². The Balaban J connectivity index is 1.83. The van der Waals surface area contributed by atoms with Crippen LogP contribution in [0.1, 0.15) is 44.2 Å². The first-order valence-corrected chi connectivity index (χ1v) is 7.55. The molecule has 4 heteroatoms. The zero-order valence-corrected chi connectivity index (χ0v) is 11.6. The SMILES string of the molecule is CCC(NCC1NCCCC1C)c1nccs1. The highest BCUT2D eigenvalue weighted by Gasteiger charge is 2.21. The Hall–Kier alpha value is -0.450. The molecule has 1 aromatic rings. The Bertz CT molecular complexity index is 312. The van der Waals surface area contributed by atoms with Crippen molar-refractivity contribution in [2.45, 2.75) is 45.2 Å². The molecule has 0 saturated carbocycles. The minimum Gasteiger partial charge on any atom is -0.312 e. The van der Waals surface area contributed by atoms with Crippen LogP contribution in [0.4, 0.5) is 0 Å². The van der Waals surface area contributed by atoms with Gasteiger partial charge in [-0.05, 0) is 31.7 Å². The van der Waals surface area contributed by atoms with Gasteiger partial charge in [0.05, 0.1) is 6.04 Å². The van der Waals surface area contributed by atoms with E-state index in [1.165, 1.54) is 24.4 Å². The van der Waals surface area contributed by atoms with Gasteiger partial charge in [-0.25, -0.2) is 4.98 Å². The smallest absolute Gasteiger partial charge is 0.109 e. The first-order valence-electron chi connectivity index (χ1n) is 6.67.